The molecule has 20 heteroatoms. The molecule has 1 aliphatic carbocycles. The maximum absolute atomic E-state index is 10.0. The van der Waals surface area contributed by atoms with Gasteiger partial charge in [0.15, 0.2) is 0 Å². The summed E-state index contributed by atoms with van der Waals surface area (Å²) >= 11 is 47.4. The van der Waals surface area contributed by atoms with Gasteiger partial charge in [0.05, 0.1) is 30.1 Å². The van der Waals surface area contributed by atoms with E-state index >= 15 is 0 Å². The molecular weight excluding hydrogens is 948 g/mol. The summed E-state index contributed by atoms with van der Waals surface area (Å²) in [5, 5.41) is 27.7. The van der Waals surface area contributed by atoms with Crippen LogP contribution in [0.25, 0.3) is 0 Å². The first-order valence-corrected chi connectivity index (χ1v) is 22.1. The predicted molar refractivity (Wildman–Crippen MR) is 262 cm³/mol. The second-order valence-electron chi connectivity index (χ2n) is 13.4. The Morgan fingerprint density at radius 1 is 0.492 bits per heavy atom. The molecule has 1 fully saturated rings. The maximum atomic E-state index is 10.0. The van der Waals surface area contributed by atoms with Crippen LogP contribution < -0.4 is 33.6 Å². The van der Waals surface area contributed by atoms with Crippen molar-refractivity contribution in [1.29, 1.82) is 0 Å². The molecule has 0 atom stereocenters. The molecule has 0 aliphatic heterocycles. The minimum absolute atomic E-state index is 0.0307. The summed E-state index contributed by atoms with van der Waals surface area (Å²) in [6, 6.07) is 16.8. The van der Waals surface area contributed by atoms with Crippen LogP contribution in [0.3, 0.4) is 0 Å². The van der Waals surface area contributed by atoms with Crippen LogP contribution >= 0.6 is 92.8 Å². The van der Waals surface area contributed by atoms with Crippen LogP contribution in [0.5, 0.6) is 11.5 Å². The van der Waals surface area contributed by atoms with Crippen molar-refractivity contribution in [2.75, 3.05) is 23.7 Å². The van der Waals surface area contributed by atoms with Gasteiger partial charge in [-0.25, -0.2) is 0 Å². The standard InChI is InChI=1S/C22H30Cl2N10.C13H6Cl6O2.C6H12/c23-15-5-9-17(10-6-15)31-21(27)33-19(25)29-13-3-1-2-4-14-30-20(26)34-22(28)32-18-11-7-16(24)8-12-18;14-6-2-8(16)12(20)4(10(6)18)1-5-11(19)7(15)3-9(17)13(5)21;1-2-4-6-5-3-1/h5-12H,1-4,13-14H2,(H5,25,27,29,31,33)(H5,26,28,30,32,34);2-3,20-21H,1H2;1-6H2. The van der Waals surface area contributed by atoms with Crippen LogP contribution in [0, 0.1) is 0 Å². The predicted octanol–water partition coefficient (Wildman–Crippen LogP) is 12.3. The molecule has 0 bridgehead atoms. The van der Waals surface area contributed by atoms with Crippen molar-refractivity contribution >= 4 is 128 Å². The number of benzene rings is 4. The Hall–Kier alpha value is -3.72. The van der Waals surface area contributed by atoms with Crippen molar-refractivity contribution in [2.24, 2.45) is 42.9 Å². The molecule has 4 aromatic carbocycles. The summed E-state index contributed by atoms with van der Waals surface area (Å²) in [6.45, 7) is 1.12. The third-order valence-corrected chi connectivity index (χ3v) is 11.4. The van der Waals surface area contributed by atoms with Crippen molar-refractivity contribution in [3.05, 3.63) is 112 Å². The number of nitrogens with two attached hydrogens (primary N) is 4. The number of halogens is 8. The Morgan fingerprint density at radius 2 is 0.820 bits per heavy atom. The molecule has 0 aromatic heterocycles. The van der Waals surface area contributed by atoms with Crippen LogP contribution in [0.4, 0.5) is 11.4 Å². The lowest BCUT2D eigenvalue weighted by molar-refractivity contribution is 0.463. The van der Waals surface area contributed by atoms with Gasteiger partial charge < -0.3 is 43.8 Å². The lowest BCUT2D eigenvalue weighted by Gasteiger charge is -2.14. The highest BCUT2D eigenvalue weighted by Crippen LogP contribution is 2.44. The highest BCUT2D eigenvalue weighted by Gasteiger charge is 2.21. The number of hydrogen-bond acceptors (Lipinski definition) is 4. The second kappa shape index (κ2) is 27.4. The van der Waals surface area contributed by atoms with Crippen molar-refractivity contribution in [1.82, 2.24) is 0 Å². The zero-order valence-electron chi connectivity index (χ0n) is 33.0. The van der Waals surface area contributed by atoms with E-state index in [0.29, 0.717) is 23.1 Å². The molecule has 0 amide bonds. The topological polar surface area (TPSA) is 218 Å². The van der Waals surface area contributed by atoms with Gasteiger partial charge in [-0.05, 0) is 73.5 Å². The number of hydrogen-bond donors (Lipinski definition) is 8. The Labute approximate surface area is 396 Å². The first kappa shape index (κ1) is 51.6. The van der Waals surface area contributed by atoms with Gasteiger partial charge in [-0.1, -0.05) is 144 Å². The molecule has 1 saturated carbocycles. The number of phenolic OH excluding ortho intramolecular Hbond substituents is 2. The van der Waals surface area contributed by atoms with E-state index in [0.717, 1.165) is 37.1 Å². The highest BCUT2D eigenvalue weighted by atomic mass is 35.5. The largest absolute Gasteiger partial charge is 0.506 e. The number of rotatable bonds is 11. The number of phenols is 2. The minimum atomic E-state index is -0.252. The second-order valence-corrected chi connectivity index (χ2v) is 16.7. The molecule has 12 N–H and O–H groups in total. The minimum Gasteiger partial charge on any atom is -0.506 e. The Kier molecular flexibility index (Phi) is 23.2. The normalized spacial score (nSPS) is 13.4. The van der Waals surface area contributed by atoms with E-state index in [4.69, 9.17) is 116 Å². The monoisotopic (exact) mass is 992 g/mol. The number of guanidine groups is 4. The van der Waals surface area contributed by atoms with Crippen molar-refractivity contribution in [3.63, 3.8) is 0 Å². The zero-order valence-corrected chi connectivity index (χ0v) is 39.0. The highest BCUT2D eigenvalue weighted by molar-refractivity contribution is 6.45. The number of aromatic hydroxyl groups is 2. The van der Waals surface area contributed by atoms with Crippen LogP contribution in [0.2, 0.25) is 40.2 Å². The third-order valence-electron chi connectivity index (χ3n) is 8.65. The fourth-order valence-electron chi connectivity index (χ4n) is 5.53. The summed E-state index contributed by atoms with van der Waals surface area (Å²) in [5.74, 6) is 0.0598. The van der Waals surface area contributed by atoms with E-state index in [9.17, 15) is 10.2 Å². The van der Waals surface area contributed by atoms with E-state index in [1.54, 1.807) is 48.5 Å². The van der Waals surface area contributed by atoms with Gasteiger partial charge in [0.2, 0.25) is 23.8 Å². The van der Waals surface area contributed by atoms with Crippen molar-refractivity contribution in [3.8, 4) is 11.5 Å². The Bertz CT molecular complexity index is 1940. The third kappa shape index (κ3) is 19.1. The quantitative estimate of drug-likeness (QED) is 0.0312. The average Bonchev–Trinajstić information content (AvgIpc) is 3.23. The van der Waals surface area contributed by atoms with Crippen LogP contribution in [0.15, 0.2) is 80.6 Å². The molecule has 330 valence electrons. The molecule has 0 heterocycles. The number of nitrogens with zero attached hydrogens (tertiary/aromatic N) is 4. The number of aliphatic imine (C=N–C) groups is 4. The Morgan fingerprint density at radius 3 is 1.15 bits per heavy atom. The molecule has 4 aromatic rings. The van der Waals surface area contributed by atoms with Gasteiger partial charge in [-0.15, -0.1) is 0 Å². The summed E-state index contributed by atoms with van der Waals surface area (Å²) < 4.78 is 0. The summed E-state index contributed by atoms with van der Waals surface area (Å²) in [7, 11) is 0. The van der Waals surface area contributed by atoms with Gasteiger partial charge in [0, 0.05) is 52.1 Å². The zero-order chi connectivity index (χ0) is 44.9. The lowest BCUT2D eigenvalue weighted by Crippen LogP contribution is -2.26. The van der Waals surface area contributed by atoms with Crippen LogP contribution in [-0.4, -0.2) is 47.1 Å². The number of anilines is 2. The molecule has 0 saturated heterocycles. The summed E-state index contributed by atoms with van der Waals surface area (Å²) in [6.07, 6.45) is 12.6. The van der Waals surface area contributed by atoms with Gasteiger partial charge >= 0.3 is 0 Å². The van der Waals surface area contributed by atoms with E-state index in [2.05, 4.69) is 30.6 Å². The smallest absolute Gasteiger partial charge is 0.218 e. The van der Waals surface area contributed by atoms with Crippen molar-refractivity contribution in [2.45, 2.75) is 70.6 Å². The van der Waals surface area contributed by atoms with Gasteiger partial charge in [0.25, 0.3) is 0 Å². The van der Waals surface area contributed by atoms with E-state index in [-0.39, 0.29) is 83.0 Å². The first-order chi connectivity index (χ1) is 29.0. The molecule has 0 radical (unpaired) electrons. The number of nitrogens with one attached hydrogen (secondary N) is 2. The first-order valence-electron chi connectivity index (χ1n) is 19.1. The average molecular weight is 997 g/mol. The molecule has 0 spiro atoms. The molecule has 61 heavy (non-hydrogen) atoms. The van der Waals surface area contributed by atoms with Gasteiger partial charge in [-0.3, -0.25) is 9.98 Å². The van der Waals surface area contributed by atoms with Gasteiger partial charge in [-0.2, -0.15) is 9.98 Å². The molecule has 0 unspecified atom stereocenters. The summed E-state index contributed by atoms with van der Waals surface area (Å²) in [4.78, 5) is 16.5. The van der Waals surface area contributed by atoms with E-state index in [1.807, 2.05) is 0 Å². The van der Waals surface area contributed by atoms with E-state index < -0.39 is 0 Å². The molecule has 12 nitrogen and oxygen atoms in total. The lowest BCUT2D eigenvalue weighted by atomic mass is 10.0. The van der Waals surface area contributed by atoms with Crippen LogP contribution in [-0.2, 0) is 6.42 Å². The van der Waals surface area contributed by atoms with Gasteiger partial charge in [0.1, 0.15) is 11.5 Å². The fraction of sp³-hybridized carbons (Fsp3) is 0.317. The Balaban J connectivity index is 0.000000308. The molecular formula is C41H48Cl8N10O2. The summed E-state index contributed by atoms with van der Waals surface area (Å²) in [5.41, 5.74) is 25.2. The molecule has 1 aliphatic rings. The van der Waals surface area contributed by atoms with Crippen molar-refractivity contribution < 1.29 is 10.2 Å². The SMILES string of the molecule is C1CCCCC1.NC(=NCCCCCCN=C(N)N=C(N)Nc1ccc(Cl)cc1)N=C(N)Nc1ccc(Cl)cc1.Oc1c(Cl)cc(Cl)c(Cl)c1Cc1c(O)c(Cl)cc(Cl)c1Cl. The number of unbranched alkanes of at least 4 members (excludes halogenated alkanes) is 3. The fourth-order valence-corrected chi connectivity index (χ4v) is 7.21. The molecule has 5 rings (SSSR count). The van der Waals surface area contributed by atoms with E-state index in [1.165, 1.54) is 50.7 Å². The van der Waals surface area contributed by atoms with Crippen LogP contribution in [0.1, 0.15) is 75.3 Å². The maximum Gasteiger partial charge on any atom is 0.218 e.